The third kappa shape index (κ3) is 5.62. The van der Waals surface area contributed by atoms with E-state index in [1.165, 1.54) is 18.9 Å². The average molecular weight is 486 g/mol. The second-order valence-corrected chi connectivity index (χ2v) is 8.76. The van der Waals surface area contributed by atoms with E-state index in [2.05, 4.69) is 5.32 Å². The van der Waals surface area contributed by atoms with Gasteiger partial charge in [0.05, 0.1) is 28.5 Å². The molecule has 7 nitrogen and oxygen atoms in total. The summed E-state index contributed by atoms with van der Waals surface area (Å²) in [5.41, 5.74) is 9.46. The summed E-state index contributed by atoms with van der Waals surface area (Å²) in [6, 6.07) is 28.7. The van der Waals surface area contributed by atoms with Gasteiger partial charge in [-0.15, -0.1) is 0 Å². The Morgan fingerprint density at radius 2 is 1.60 bits per heavy atom. The van der Waals surface area contributed by atoms with Crippen molar-refractivity contribution in [3.05, 3.63) is 124 Å². The van der Waals surface area contributed by atoms with E-state index in [0.717, 1.165) is 21.7 Å². The topological polar surface area (TPSA) is 107 Å². The molecule has 0 aliphatic heterocycles. The number of nitrogens with one attached hydrogen (secondary N) is 1. The maximum atomic E-state index is 12.0. The van der Waals surface area contributed by atoms with Crippen LogP contribution < -0.4 is 11.1 Å². The lowest BCUT2D eigenvalue weighted by atomic mass is 9.97. The van der Waals surface area contributed by atoms with Gasteiger partial charge in [-0.2, -0.15) is 0 Å². The molecule has 0 saturated carbocycles. The fourth-order valence-electron chi connectivity index (χ4n) is 3.63. The van der Waals surface area contributed by atoms with Crippen molar-refractivity contribution in [3.8, 4) is 0 Å². The fourth-order valence-corrected chi connectivity index (χ4v) is 4.57. The summed E-state index contributed by atoms with van der Waals surface area (Å²) in [6.07, 6.45) is 0. The Kier molecular flexibility index (Phi) is 7.32. The smallest absolute Gasteiger partial charge is 0.337 e. The lowest BCUT2D eigenvalue weighted by molar-refractivity contribution is -0.387. The molecule has 0 amide bonds. The van der Waals surface area contributed by atoms with E-state index in [-0.39, 0.29) is 16.7 Å². The number of esters is 1. The van der Waals surface area contributed by atoms with Gasteiger partial charge in [0.1, 0.15) is 0 Å². The van der Waals surface area contributed by atoms with Crippen LogP contribution >= 0.6 is 11.8 Å². The zero-order chi connectivity index (χ0) is 24.8. The number of ether oxygens (including phenoxy) is 1. The van der Waals surface area contributed by atoms with Crippen molar-refractivity contribution < 1.29 is 14.5 Å². The van der Waals surface area contributed by atoms with Crippen molar-refractivity contribution in [1.29, 1.82) is 0 Å². The lowest BCUT2D eigenvalue weighted by Crippen LogP contribution is -2.13. The van der Waals surface area contributed by atoms with E-state index in [4.69, 9.17) is 10.5 Å². The number of rotatable bonds is 8. The third-order valence-corrected chi connectivity index (χ3v) is 6.56. The first-order chi connectivity index (χ1) is 17.0. The van der Waals surface area contributed by atoms with Gasteiger partial charge in [-0.05, 0) is 53.6 Å². The van der Waals surface area contributed by atoms with E-state index in [9.17, 15) is 14.9 Å². The first-order valence-corrected chi connectivity index (χ1v) is 11.6. The third-order valence-electron chi connectivity index (χ3n) is 5.40. The standard InChI is InChI=1S/C27H23N3O4S/c1-34-27(31)19-11-14-21(15-12-19)29-26(18-7-3-2-4-8-18)20-13-16-25(23(17-20)30(32)33)35-24-10-6-5-9-22(24)28/h2-17,26,29H,28H2,1H3. The maximum absolute atomic E-state index is 12.0. The van der Waals surface area contributed by atoms with Gasteiger partial charge in [0.2, 0.25) is 0 Å². The number of benzene rings is 4. The molecule has 4 aromatic carbocycles. The Bertz CT molecular complexity index is 1340. The van der Waals surface area contributed by atoms with Gasteiger partial charge in [-0.25, -0.2) is 4.79 Å². The van der Waals surface area contributed by atoms with Gasteiger partial charge in [0.15, 0.2) is 0 Å². The zero-order valence-corrected chi connectivity index (χ0v) is 19.7. The average Bonchev–Trinajstić information content (AvgIpc) is 2.89. The van der Waals surface area contributed by atoms with Crippen molar-refractivity contribution in [2.75, 3.05) is 18.2 Å². The Morgan fingerprint density at radius 1 is 0.914 bits per heavy atom. The number of anilines is 2. The number of nitrogen functional groups attached to an aromatic ring is 1. The van der Waals surface area contributed by atoms with Gasteiger partial charge in [0.25, 0.3) is 5.69 Å². The summed E-state index contributed by atoms with van der Waals surface area (Å²) in [4.78, 5) is 24.6. The van der Waals surface area contributed by atoms with Gasteiger partial charge in [0, 0.05) is 22.3 Å². The van der Waals surface area contributed by atoms with Crippen molar-refractivity contribution in [2.24, 2.45) is 0 Å². The monoisotopic (exact) mass is 485 g/mol. The second kappa shape index (κ2) is 10.8. The van der Waals surface area contributed by atoms with E-state index in [1.807, 2.05) is 54.6 Å². The molecule has 0 aromatic heterocycles. The molecule has 0 bridgehead atoms. The number of hydrogen-bond acceptors (Lipinski definition) is 7. The first-order valence-electron chi connectivity index (χ1n) is 10.8. The lowest BCUT2D eigenvalue weighted by Gasteiger charge is -2.21. The van der Waals surface area contributed by atoms with Crippen LogP contribution in [0.4, 0.5) is 17.1 Å². The number of carbonyl (C=O) groups is 1. The van der Waals surface area contributed by atoms with Crippen molar-refractivity contribution in [2.45, 2.75) is 15.8 Å². The molecular formula is C27H23N3O4S. The van der Waals surface area contributed by atoms with Crippen molar-refractivity contribution >= 4 is 34.8 Å². The predicted molar refractivity (Wildman–Crippen MR) is 138 cm³/mol. The van der Waals surface area contributed by atoms with Gasteiger partial charge in [-0.3, -0.25) is 10.1 Å². The van der Waals surface area contributed by atoms with Crippen LogP contribution in [0.3, 0.4) is 0 Å². The number of methoxy groups -OCH3 is 1. The molecular weight excluding hydrogens is 462 g/mol. The minimum absolute atomic E-state index is 0.000441. The molecule has 35 heavy (non-hydrogen) atoms. The van der Waals surface area contributed by atoms with Crippen LogP contribution in [0.1, 0.15) is 27.5 Å². The number of nitro benzene ring substituents is 1. The highest BCUT2D eigenvalue weighted by molar-refractivity contribution is 7.99. The highest BCUT2D eigenvalue weighted by Crippen LogP contribution is 2.39. The molecule has 176 valence electrons. The van der Waals surface area contributed by atoms with Crippen molar-refractivity contribution in [3.63, 3.8) is 0 Å². The van der Waals surface area contributed by atoms with Gasteiger partial charge >= 0.3 is 5.97 Å². The summed E-state index contributed by atoms with van der Waals surface area (Å²) in [6.45, 7) is 0. The van der Waals surface area contributed by atoms with E-state index in [0.29, 0.717) is 16.1 Å². The molecule has 8 heteroatoms. The highest BCUT2D eigenvalue weighted by Gasteiger charge is 2.22. The molecule has 0 fully saturated rings. The van der Waals surface area contributed by atoms with Crippen LogP contribution in [0.15, 0.2) is 107 Å². The largest absolute Gasteiger partial charge is 0.465 e. The highest BCUT2D eigenvalue weighted by atomic mass is 32.2. The molecule has 0 spiro atoms. The molecule has 0 aliphatic rings. The summed E-state index contributed by atoms with van der Waals surface area (Å²) in [5, 5.41) is 15.4. The summed E-state index contributed by atoms with van der Waals surface area (Å²) < 4.78 is 4.76. The van der Waals surface area contributed by atoms with Crippen LogP contribution in [0.5, 0.6) is 0 Å². The quantitative estimate of drug-likeness (QED) is 0.130. The van der Waals surface area contributed by atoms with Crippen LogP contribution in [-0.2, 0) is 4.74 Å². The molecule has 0 aliphatic carbocycles. The number of nitro groups is 1. The number of nitrogens with zero attached hydrogens (tertiary/aromatic N) is 1. The van der Waals surface area contributed by atoms with Crippen LogP contribution in [0.2, 0.25) is 0 Å². The number of hydrogen-bond donors (Lipinski definition) is 2. The first kappa shape index (κ1) is 23.8. The Balaban J connectivity index is 1.70. The zero-order valence-electron chi connectivity index (χ0n) is 18.9. The van der Waals surface area contributed by atoms with Crippen LogP contribution in [0, 0.1) is 10.1 Å². The molecule has 1 atom stereocenters. The SMILES string of the molecule is COC(=O)c1ccc(NC(c2ccccc2)c2ccc(Sc3ccccc3N)c([N+](=O)[O-])c2)cc1. The minimum Gasteiger partial charge on any atom is -0.465 e. The molecule has 4 rings (SSSR count). The Morgan fingerprint density at radius 3 is 2.26 bits per heavy atom. The Hall–Kier alpha value is -4.30. The molecule has 0 saturated heterocycles. The van der Waals surface area contributed by atoms with Crippen LogP contribution in [-0.4, -0.2) is 18.0 Å². The number of carbonyl (C=O) groups excluding carboxylic acids is 1. The molecule has 3 N–H and O–H groups in total. The predicted octanol–water partition coefficient (Wildman–Crippen LogP) is 6.32. The van der Waals surface area contributed by atoms with Gasteiger partial charge in [-0.1, -0.05) is 60.3 Å². The van der Waals surface area contributed by atoms with E-state index < -0.39 is 5.97 Å². The normalized spacial score (nSPS) is 11.5. The summed E-state index contributed by atoms with van der Waals surface area (Å²) in [5.74, 6) is -0.418. The van der Waals surface area contributed by atoms with E-state index >= 15 is 0 Å². The number of para-hydroxylation sites is 1. The summed E-state index contributed by atoms with van der Waals surface area (Å²) >= 11 is 1.26. The number of nitrogens with two attached hydrogens (primary N) is 1. The fraction of sp³-hybridized carbons (Fsp3) is 0.0741. The van der Waals surface area contributed by atoms with Crippen molar-refractivity contribution in [1.82, 2.24) is 0 Å². The van der Waals surface area contributed by atoms with Crippen LogP contribution in [0.25, 0.3) is 0 Å². The Labute approximate surface area is 207 Å². The minimum atomic E-state index is -0.418. The molecule has 4 aromatic rings. The maximum Gasteiger partial charge on any atom is 0.337 e. The second-order valence-electron chi connectivity index (χ2n) is 7.68. The summed E-state index contributed by atoms with van der Waals surface area (Å²) in [7, 11) is 1.33. The molecule has 0 heterocycles. The van der Waals surface area contributed by atoms with E-state index in [1.54, 1.807) is 42.5 Å². The van der Waals surface area contributed by atoms with Gasteiger partial charge < -0.3 is 15.8 Å². The molecule has 1 unspecified atom stereocenters. The molecule has 0 radical (unpaired) electrons.